The Balaban J connectivity index is 2.65. The summed E-state index contributed by atoms with van der Waals surface area (Å²) < 4.78 is 0. The van der Waals surface area contributed by atoms with Crippen molar-refractivity contribution in [2.45, 2.75) is 46.3 Å². The fourth-order valence-corrected chi connectivity index (χ4v) is 2.68. The third-order valence-corrected chi connectivity index (χ3v) is 4.01. The molecule has 0 amide bonds. The summed E-state index contributed by atoms with van der Waals surface area (Å²) in [6.45, 7) is 10.6. The van der Waals surface area contributed by atoms with Crippen molar-refractivity contribution in [3.05, 3.63) is 22.8 Å². The van der Waals surface area contributed by atoms with Crippen LogP contribution in [0.3, 0.4) is 0 Å². The minimum Gasteiger partial charge on any atom is -0.317 e. The van der Waals surface area contributed by atoms with E-state index in [-0.39, 0.29) is 0 Å². The number of nitrogens with zero attached hydrogens (tertiary/aromatic N) is 2. The number of hydrogen-bond donors (Lipinski definition) is 1. The van der Waals surface area contributed by atoms with Crippen LogP contribution in [0.2, 0.25) is 0 Å². The molecule has 1 aromatic rings. The van der Waals surface area contributed by atoms with Gasteiger partial charge < -0.3 is 5.32 Å². The molecule has 0 atom stereocenters. The number of aromatic nitrogens is 2. The summed E-state index contributed by atoms with van der Waals surface area (Å²) in [4.78, 5) is 9.25. The number of aryl methyl sites for hydroxylation is 2. The van der Waals surface area contributed by atoms with E-state index in [1.807, 2.05) is 11.8 Å². The Kier molecular flexibility index (Phi) is 7.28. The van der Waals surface area contributed by atoms with Crippen molar-refractivity contribution in [1.82, 2.24) is 15.3 Å². The van der Waals surface area contributed by atoms with E-state index in [9.17, 15) is 0 Å². The molecule has 4 heteroatoms. The van der Waals surface area contributed by atoms with Gasteiger partial charge in [-0.3, -0.25) is 0 Å². The van der Waals surface area contributed by atoms with E-state index in [0.29, 0.717) is 0 Å². The highest BCUT2D eigenvalue weighted by atomic mass is 32.2. The predicted molar refractivity (Wildman–Crippen MR) is 80.2 cm³/mol. The van der Waals surface area contributed by atoms with Crippen molar-refractivity contribution < 1.29 is 0 Å². The van der Waals surface area contributed by atoms with Gasteiger partial charge in [0, 0.05) is 11.4 Å². The number of hydrogen-bond acceptors (Lipinski definition) is 4. The van der Waals surface area contributed by atoms with Crippen molar-refractivity contribution in [1.29, 1.82) is 0 Å². The molecule has 0 fully saturated rings. The van der Waals surface area contributed by atoms with E-state index in [0.717, 1.165) is 42.5 Å². The van der Waals surface area contributed by atoms with Crippen LogP contribution in [0.25, 0.3) is 0 Å². The van der Waals surface area contributed by atoms with Crippen LogP contribution < -0.4 is 5.32 Å². The second-order valence-corrected chi connectivity index (χ2v) is 5.55. The fourth-order valence-electron chi connectivity index (χ4n) is 1.93. The number of likely N-dealkylation sites (N-methyl/N-ethyl adjacent to an activating group) is 1. The average Bonchev–Trinajstić information content (AvgIpc) is 2.33. The largest absolute Gasteiger partial charge is 0.317 e. The van der Waals surface area contributed by atoms with E-state index in [2.05, 4.69) is 43.0 Å². The molecule has 0 aliphatic heterocycles. The highest BCUT2D eigenvalue weighted by molar-refractivity contribution is 7.98. The molecule has 0 saturated carbocycles. The Morgan fingerprint density at radius 3 is 2.33 bits per heavy atom. The Hall–Kier alpha value is -0.610. The molecule has 1 heterocycles. The van der Waals surface area contributed by atoms with Crippen LogP contribution in [0, 0.1) is 13.8 Å². The molecule has 0 saturated heterocycles. The van der Waals surface area contributed by atoms with Crippen LogP contribution in [0.1, 0.15) is 43.0 Å². The van der Waals surface area contributed by atoms with Gasteiger partial charge in [0.2, 0.25) is 0 Å². The first-order valence-electron chi connectivity index (χ1n) is 6.80. The summed E-state index contributed by atoms with van der Waals surface area (Å²) in [6.07, 6.45) is 2.23. The molecule has 0 bridgehead atoms. The minimum absolute atomic E-state index is 0.934. The molecule has 1 N–H and O–H groups in total. The summed E-state index contributed by atoms with van der Waals surface area (Å²) >= 11 is 1.91. The van der Waals surface area contributed by atoms with Crippen LogP contribution >= 0.6 is 11.8 Å². The molecule has 1 aromatic heterocycles. The maximum atomic E-state index is 4.62. The van der Waals surface area contributed by atoms with Crippen LogP contribution in [-0.2, 0) is 12.2 Å². The van der Waals surface area contributed by atoms with Gasteiger partial charge in [0.15, 0.2) is 0 Å². The smallest absolute Gasteiger partial charge is 0.138 e. The normalized spacial score (nSPS) is 10.9. The SMILES string of the molecule is CCCSCc1nc(C)c(CCNCC)c(C)n1. The number of nitrogens with one attached hydrogen (secondary N) is 1. The van der Waals surface area contributed by atoms with Crippen molar-refractivity contribution in [2.24, 2.45) is 0 Å². The van der Waals surface area contributed by atoms with Gasteiger partial charge in [-0.2, -0.15) is 11.8 Å². The lowest BCUT2D eigenvalue weighted by Gasteiger charge is -2.11. The standard InChI is InChI=1S/C14H25N3S/c1-5-9-18-10-14-16-11(3)13(12(4)17-14)7-8-15-6-2/h15H,5-10H2,1-4H3. The highest BCUT2D eigenvalue weighted by Gasteiger charge is 2.08. The Labute approximate surface area is 115 Å². The van der Waals surface area contributed by atoms with E-state index in [4.69, 9.17) is 0 Å². The van der Waals surface area contributed by atoms with Crippen molar-refractivity contribution in [3.63, 3.8) is 0 Å². The second-order valence-electron chi connectivity index (χ2n) is 4.45. The van der Waals surface area contributed by atoms with E-state index in [1.165, 1.54) is 17.7 Å². The molecule has 0 aliphatic carbocycles. The van der Waals surface area contributed by atoms with Gasteiger partial charge in [-0.25, -0.2) is 9.97 Å². The molecule has 3 nitrogen and oxygen atoms in total. The molecule has 0 aliphatic rings. The van der Waals surface area contributed by atoms with Gasteiger partial charge in [-0.1, -0.05) is 13.8 Å². The van der Waals surface area contributed by atoms with E-state index >= 15 is 0 Å². The zero-order valence-electron chi connectivity index (χ0n) is 12.0. The van der Waals surface area contributed by atoms with Crippen LogP contribution in [-0.4, -0.2) is 28.8 Å². The third kappa shape index (κ3) is 4.94. The van der Waals surface area contributed by atoms with Gasteiger partial charge in [0.25, 0.3) is 0 Å². The zero-order valence-corrected chi connectivity index (χ0v) is 12.9. The lowest BCUT2D eigenvalue weighted by molar-refractivity contribution is 0.706. The third-order valence-electron chi connectivity index (χ3n) is 2.85. The van der Waals surface area contributed by atoms with Crippen molar-refractivity contribution in [3.8, 4) is 0 Å². The summed E-state index contributed by atoms with van der Waals surface area (Å²) in [5, 5.41) is 3.35. The first-order valence-corrected chi connectivity index (χ1v) is 7.95. The van der Waals surface area contributed by atoms with Gasteiger partial charge in [0.1, 0.15) is 5.82 Å². The monoisotopic (exact) mass is 267 g/mol. The van der Waals surface area contributed by atoms with Crippen molar-refractivity contribution in [2.75, 3.05) is 18.8 Å². The van der Waals surface area contributed by atoms with Crippen molar-refractivity contribution >= 4 is 11.8 Å². The summed E-state index contributed by atoms with van der Waals surface area (Å²) in [5.41, 5.74) is 3.60. The molecule has 0 radical (unpaired) electrons. The van der Waals surface area contributed by atoms with Gasteiger partial charge >= 0.3 is 0 Å². The maximum Gasteiger partial charge on any atom is 0.138 e. The molecule has 102 valence electrons. The van der Waals surface area contributed by atoms with Gasteiger partial charge in [0.05, 0.1) is 5.75 Å². The van der Waals surface area contributed by atoms with E-state index < -0.39 is 0 Å². The van der Waals surface area contributed by atoms with Crippen LogP contribution in [0.15, 0.2) is 0 Å². The summed E-state index contributed by atoms with van der Waals surface area (Å²) in [5.74, 6) is 3.10. The first-order chi connectivity index (χ1) is 8.69. The lowest BCUT2D eigenvalue weighted by Crippen LogP contribution is -2.18. The first kappa shape index (κ1) is 15.4. The average molecular weight is 267 g/mol. The minimum atomic E-state index is 0.934. The molecular weight excluding hydrogens is 242 g/mol. The second kappa shape index (κ2) is 8.48. The Morgan fingerprint density at radius 2 is 1.78 bits per heavy atom. The maximum absolute atomic E-state index is 4.62. The Morgan fingerprint density at radius 1 is 1.11 bits per heavy atom. The lowest BCUT2D eigenvalue weighted by atomic mass is 10.1. The molecular formula is C14H25N3S. The highest BCUT2D eigenvalue weighted by Crippen LogP contribution is 2.15. The molecule has 1 rings (SSSR count). The molecule has 0 unspecified atom stereocenters. The van der Waals surface area contributed by atoms with Crippen LogP contribution in [0.5, 0.6) is 0 Å². The number of thioether (sulfide) groups is 1. The van der Waals surface area contributed by atoms with E-state index in [1.54, 1.807) is 0 Å². The van der Waals surface area contributed by atoms with Gasteiger partial charge in [-0.05, 0) is 51.1 Å². The summed E-state index contributed by atoms with van der Waals surface area (Å²) in [7, 11) is 0. The molecule has 0 aromatic carbocycles. The topological polar surface area (TPSA) is 37.8 Å². The number of rotatable bonds is 8. The Bertz CT molecular complexity index is 343. The molecule has 18 heavy (non-hydrogen) atoms. The molecule has 0 spiro atoms. The summed E-state index contributed by atoms with van der Waals surface area (Å²) in [6, 6.07) is 0. The van der Waals surface area contributed by atoms with Gasteiger partial charge in [-0.15, -0.1) is 0 Å². The fraction of sp³-hybridized carbons (Fsp3) is 0.714. The quantitative estimate of drug-likeness (QED) is 0.735. The van der Waals surface area contributed by atoms with Crippen LogP contribution in [0.4, 0.5) is 0 Å². The zero-order chi connectivity index (χ0) is 13.4. The predicted octanol–water partition coefficient (Wildman–Crippen LogP) is 2.89.